The molecule has 2 atom stereocenters. The number of hydrogen-bond acceptors (Lipinski definition) is 5. The van der Waals surface area contributed by atoms with E-state index in [9.17, 15) is 0 Å². The highest BCUT2D eigenvalue weighted by atomic mass is 32.2. The average molecular weight is 287 g/mol. The van der Waals surface area contributed by atoms with Crippen molar-refractivity contribution >= 4 is 11.8 Å². The van der Waals surface area contributed by atoms with E-state index < -0.39 is 0 Å². The highest BCUT2D eigenvalue weighted by Crippen LogP contribution is 2.21. The zero-order valence-electron chi connectivity index (χ0n) is 12.2. The van der Waals surface area contributed by atoms with Crippen molar-refractivity contribution in [3.05, 3.63) is 0 Å². The van der Waals surface area contributed by atoms with E-state index in [1.165, 1.54) is 38.1 Å². The second kappa shape index (κ2) is 8.47. The van der Waals surface area contributed by atoms with Crippen LogP contribution < -0.4 is 5.73 Å². The zero-order valence-corrected chi connectivity index (χ0v) is 13.0. The van der Waals surface area contributed by atoms with Crippen molar-refractivity contribution in [1.82, 2.24) is 9.80 Å². The van der Waals surface area contributed by atoms with Gasteiger partial charge in [-0.3, -0.25) is 9.80 Å². The molecule has 0 aromatic carbocycles. The van der Waals surface area contributed by atoms with Gasteiger partial charge in [0.1, 0.15) is 0 Å². The Morgan fingerprint density at radius 3 is 2.79 bits per heavy atom. The number of ether oxygens (including phenoxy) is 1. The van der Waals surface area contributed by atoms with Gasteiger partial charge in [0.05, 0.1) is 13.2 Å². The summed E-state index contributed by atoms with van der Waals surface area (Å²) in [5.74, 6) is 1.26. The van der Waals surface area contributed by atoms with Gasteiger partial charge < -0.3 is 10.5 Å². The molecule has 2 fully saturated rings. The number of thioether (sulfide) groups is 1. The number of rotatable bonds is 7. The molecule has 19 heavy (non-hydrogen) atoms. The van der Waals surface area contributed by atoms with Crippen LogP contribution in [0.5, 0.6) is 0 Å². The van der Waals surface area contributed by atoms with Crippen molar-refractivity contribution in [1.29, 1.82) is 0 Å². The van der Waals surface area contributed by atoms with Crippen LogP contribution in [-0.4, -0.2) is 79.8 Å². The maximum Gasteiger partial charge on any atom is 0.0594 e. The third kappa shape index (κ3) is 4.60. The summed E-state index contributed by atoms with van der Waals surface area (Å²) in [6.45, 7) is 7.28. The van der Waals surface area contributed by atoms with Gasteiger partial charge in [0.15, 0.2) is 0 Å². The highest BCUT2D eigenvalue weighted by Gasteiger charge is 2.31. The van der Waals surface area contributed by atoms with Crippen LogP contribution in [0.15, 0.2) is 0 Å². The van der Waals surface area contributed by atoms with Gasteiger partial charge in [0.25, 0.3) is 0 Å². The lowest BCUT2D eigenvalue weighted by Crippen LogP contribution is -2.46. The van der Waals surface area contributed by atoms with E-state index in [-0.39, 0.29) is 0 Å². The molecule has 2 aliphatic heterocycles. The van der Waals surface area contributed by atoms with Crippen molar-refractivity contribution in [2.45, 2.75) is 31.3 Å². The molecule has 0 radical (unpaired) electrons. The first-order valence-corrected chi connectivity index (χ1v) is 8.99. The number of nitrogens with two attached hydrogens (primary N) is 1. The molecule has 2 heterocycles. The normalized spacial score (nSPS) is 27.8. The Morgan fingerprint density at radius 1 is 1.32 bits per heavy atom. The predicted molar refractivity (Wildman–Crippen MR) is 82.8 cm³/mol. The lowest BCUT2D eigenvalue weighted by atomic mass is 10.1. The molecule has 4 nitrogen and oxygen atoms in total. The monoisotopic (exact) mass is 287 g/mol. The van der Waals surface area contributed by atoms with Crippen LogP contribution in [0.1, 0.15) is 19.3 Å². The van der Waals surface area contributed by atoms with Gasteiger partial charge in [0, 0.05) is 44.8 Å². The van der Waals surface area contributed by atoms with Crippen LogP contribution in [-0.2, 0) is 4.74 Å². The van der Waals surface area contributed by atoms with E-state index in [2.05, 4.69) is 16.1 Å². The maximum absolute atomic E-state index is 5.98. The molecule has 0 aliphatic carbocycles. The molecule has 0 spiro atoms. The number of likely N-dealkylation sites (tertiary alicyclic amines) is 1. The Labute approximate surface area is 122 Å². The van der Waals surface area contributed by atoms with E-state index >= 15 is 0 Å². The van der Waals surface area contributed by atoms with Gasteiger partial charge >= 0.3 is 0 Å². The Balaban J connectivity index is 1.75. The number of nitrogens with zero attached hydrogens (tertiary/aromatic N) is 2. The summed E-state index contributed by atoms with van der Waals surface area (Å²) in [6, 6.07) is 1.33. The highest BCUT2D eigenvalue weighted by molar-refractivity contribution is 7.98. The van der Waals surface area contributed by atoms with Gasteiger partial charge in [-0.2, -0.15) is 11.8 Å². The van der Waals surface area contributed by atoms with Gasteiger partial charge in [-0.25, -0.2) is 0 Å². The average Bonchev–Trinajstić information content (AvgIpc) is 2.94. The van der Waals surface area contributed by atoms with Crippen LogP contribution in [0.4, 0.5) is 0 Å². The molecule has 2 rings (SSSR count). The van der Waals surface area contributed by atoms with Gasteiger partial charge in [-0.05, 0) is 31.3 Å². The molecular formula is C14H29N3OS. The van der Waals surface area contributed by atoms with Crippen LogP contribution in [0.3, 0.4) is 0 Å². The minimum Gasteiger partial charge on any atom is -0.379 e. The Hall–Kier alpha value is 0.190. The molecule has 2 saturated heterocycles. The molecular weight excluding hydrogens is 258 g/mol. The van der Waals surface area contributed by atoms with Crippen molar-refractivity contribution in [2.75, 3.05) is 57.9 Å². The summed E-state index contributed by atoms with van der Waals surface area (Å²) in [5, 5.41) is 0. The summed E-state index contributed by atoms with van der Waals surface area (Å²) < 4.78 is 5.44. The molecule has 0 saturated carbocycles. The topological polar surface area (TPSA) is 41.7 Å². The van der Waals surface area contributed by atoms with Crippen molar-refractivity contribution in [3.63, 3.8) is 0 Å². The number of morpholine rings is 1. The minimum atomic E-state index is 0.596. The molecule has 2 unspecified atom stereocenters. The van der Waals surface area contributed by atoms with E-state index in [0.717, 1.165) is 38.9 Å². The third-order valence-corrected chi connectivity index (χ3v) is 5.13. The van der Waals surface area contributed by atoms with Crippen molar-refractivity contribution in [3.8, 4) is 0 Å². The fraction of sp³-hybridized carbons (Fsp3) is 1.00. The van der Waals surface area contributed by atoms with Gasteiger partial charge in [-0.1, -0.05) is 0 Å². The summed E-state index contributed by atoms with van der Waals surface area (Å²) in [7, 11) is 0. The summed E-state index contributed by atoms with van der Waals surface area (Å²) in [6.07, 6.45) is 6.04. The first-order chi connectivity index (χ1) is 9.35. The molecule has 2 N–H and O–H groups in total. The third-order valence-electron chi connectivity index (χ3n) is 4.43. The maximum atomic E-state index is 5.98. The van der Waals surface area contributed by atoms with Crippen molar-refractivity contribution in [2.24, 2.45) is 5.73 Å². The first-order valence-electron chi connectivity index (χ1n) is 7.60. The van der Waals surface area contributed by atoms with Crippen LogP contribution in [0.2, 0.25) is 0 Å². The Kier molecular flexibility index (Phi) is 6.94. The van der Waals surface area contributed by atoms with Crippen LogP contribution >= 0.6 is 11.8 Å². The summed E-state index contributed by atoms with van der Waals surface area (Å²) in [4.78, 5) is 5.24. The molecule has 2 aliphatic rings. The predicted octanol–water partition coefficient (Wildman–Crippen LogP) is 0.863. The summed E-state index contributed by atoms with van der Waals surface area (Å²) >= 11 is 1.94. The fourth-order valence-corrected chi connectivity index (χ4v) is 3.71. The second-order valence-electron chi connectivity index (χ2n) is 5.61. The van der Waals surface area contributed by atoms with Gasteiger partial charge in [-0.15, -0.1) is 0 Å². The molecule has 0 aromatic heterocycles. The van der Waals surface area contributed by atoms with Gasteiger partial charge in [0.2, 0.25) is 0 Å². The van der Waals surface area contributed by atoms with E-state index in [1.807, 2.05) is 11.8 Å². The molecule has 0 aromatic rings. The zero-order chi connectivity index (χ0) is 13.5. The first kappa shape index (κ1) is 15.6. The number of hydrogen-bond donors (Lipinski definition) is 1. The Bertz CT molecular complexity index is 249. The lowest BCUT2D eigenvalue weighted by Gasteiger charge is -2.33. The summed E-state index contributed by atoms with van der Waals surface area (Å²) in [5.41, 5.74) is 5.98. The largest absolute Gasteiger partial charge is 0.379 e. The lowest BCUT2D eigenvalue weighted by molar-refractivity contribution is 0.0176. The van der Waals surface area contributed by atoms with Crippen LogP contribution in [0, 0.1) is 0 Å². The van der Waals surface area contributed by atoms with E-state index in [4.69, 9.17) is 10.5 Å². The second-order valence-corrected chi connectivity index (χ2v) is 6.60. The molecule has 0 amide bonds. The Morgan fingerprint density at radius 2 is 2.11 bits per heavy atom. The standard InChI is InChI=1S/C14H29N3OS/c1-19-10-2-3-13(11-15)17-5-4-14(12-17)16-6-8-18-9-7-16/h13-14H,2-12,15H2,1H3. The van der Waals surface area contributed by atoms with Crippen LogP contribution in [0.25, 0.3) is 0 Å². The SMILES string of the molecule is CSCCCC(CN)N1CCC(N2CCOCC2)C1. The quantitative estimate of drug-likeness (QED) is 0.704. The van der Waals surface area contributed by atoms with E-state index in [0.29, 0.717) is 6.04 Å². The molecule has 112 valence electrons. The smallest absolute Gasteiger partial charge is 0.0594 e. The van der Waals surface area contributed by atoms with Crippen molar-refractivity contribution < 1.29 is 4.74 Å². The fourth-order valence-electron chi connectivity index (χ4n) is 3.25. The molecule has 0 bridgehead atoms. The minimum absolute atomic E-state index is 0.596. The molecule has 5 heteroatoms. The van der Waals surface area contributed by atoms with E-state index in [1.54, 1.807) is 0 Å².